The Labute approximate surface area is 143 Å². The summed E-state index contributed by atoms with van der Waals surface area (Å²) in [5.41, 5.74) is -1.46. The Morgan fingerprint density at radius 1 is 1.38 bits per heavy atom. The van der Waals surface area contributed by atoms with Gasteiger partial charge in [0, 0.05) is 12.2 Å². The van der Waals surface area contributed by atoms with E-state index in [1.54, 1.807) is 6.92 Å². The van der Waals surface area contributed by atoms with Crippen LogP contribution in [0.5, 0.6) is 0 Å². The number of carbonyl (C=O) groups excluding carboxylic acids is 2. The van der Waals surface area contributed by atoms with Gasteiger partial charge in [0.1, 0.15) is 11.9 Å². The smallest absolute Gasteiger partial charge is 0.333 e. The van der Waals surface area contributed by atoms with Gasteiger partial charge in [0.05, 0.1) is 5.88 Å². The summed E-state index contributed by atoms with van der Waals surface area (Å²) in [7, 11) is 0. The number of thioether (sulfide) groups is 1. The minimum atomic E-state index is -1.71. The maximum Gasteiger partial charge on any atom is 0.333 e. The number of hydrogen-bond donors (Lipinski definition) is 2. The number of benzene rings is 1. The molecule has 1 aliphatic heterocycles. The first-order valence-corrected chi connectivity index (χ1v) is 8.63. The number of aliphatic carboxylic acids is 1. The second-order valence-corrected chi connectivity index (χ2v) is 6.66. The Hall–Kier alpha value is -2.09. The predicted octanol–water partition coefficient (Wildman–Crippen LogP) is 1.55. The van der Waals surface area contributed by atoms with Crippen molar-refractivity contribution in [3.8, 4) is 0 Å². The molecule has 1 fully saturated rings. The standard InChI is InChI=1S/C16H19FN2O4S/c1-3-13(20)19-9-24-8-12(19)14(21)18-16(2,15(22)23)10-4-6-11(17)7-5-10/h4-7,12H,3,8-9H2,1-2H3,(H,18,21)(H,22,23). The topological polar surface area (TPSA) is 86.7 Å². The zero-order valence-corrected chi connectivity index (χ0v) is 14.2. The maximum absolute atomic E-state index is 13.1. The third-order valence-corrected chi connectivity index (χ3v) is 5.04. The molecule has 6 nitrogen and oxygen atoms in total. The van der Waals surface area contributed by atoms with Gasteiger partial charge in [-0.25, -0.2) is 9.18 Å². The number of carboxylic acid groups (broad SMARTS) is 1. The molecule has 1 aliphatic rings. The van der Waals surface area contributed by atoms with Crippen LogP contribution >= 0.6 is 11.8 Å². The van der Waals surface area contributed by atoms with Crippen LogP contribution in [0.2, 0.25) is 0 Å². The highest BCUT2D eigenvalue weighted by Gasteiger charge is 2.41. The van der Waals surface area contributed by atoms with Crippen molar-refractivity contribution < 1.29 is 23.9 Å². The molecule has 24 heavy (non-hydrogen) atoms. The number of rotatable bonds is 5. The molecular formula is C16H19FN2O4S. The number of halogens is 1. The van der Waals surface area contributed by atoms with Gasteiger partial charge in [0.15, 0.2) is 5.54 Å². The van der Waals surface area contributed by atoms with E-state index in [0.29, 0.717) is 11.6 Å². The Bertz CT molecular complexity index is 652. The van der Waals surface area contributed by atoms with Gasteiger partial charge in [-0.3, -0.25) is 9.59 Å². The van der Waals surface area contributed by atoms with Crippen molar-refractivity contribution in [3.05, 3.63) is 35.6 Å². The van der Waals surface area contributed by atoms with E-state index in [1.165, 1.54) is 35.7 Å². The monoisotopic (exact) mass is 354 g/mol. The minimum absolute atomic E-state index is 0.154. The molecule has 1 saturated heterocycles. The van der Waals surface area contributed by atoms with Gasteiger partial charge in [-0.15, -0.1) is 11.8 Å². The lowest BCUT2D eigenvalue weighted by Crippen LogP contribution is -2.56. The Morgan fingerprint density at radius 3 is 2.54 bits per heavy atom. The molecule has 1 heterocycles. The Morgan fingerprint density at radius 2 is 2.00 bits per heavy atom. The fourth-order valence-corrected chi connectivity index (χ4v) is 3.65. The van der Waals surface area contributed by atoms with Crippen molar-refractivity contribution in [2.45, 2.75) is 31.8 Å². The van der Waals surface area contributed by atoms with E-state index in [4.69, 9.17) is 0 Å². The first kappa shape index (κ1) is 18.3. The van der Waals surface area contributed by atoms with Crippen LogP contribution in [0.3, 0.4) is 0 Å². The lowest BCUT2D eigenvalue weighted by atomic mass is 9.91. The van der Waals surface area contributed by atoms with Crippen molar-refractivity contribution in [2.24, 2.45) is 0 Å². The molecule has 8 heteroatoms. The van der Waals surface area contributed by atoms with Crippen LogP contribution in [-0.2, 0) is 19.9 Å². The number of amides is 2. The molecule has 0 aliphatic carbocycles. The molecule has 0 saturated carbocycles. The average molecular weight is 354 g/mol. The van der Waals surface area contributed by atoms with Crippen LogP contribution in [0.15, 0.2) is 24.3 Å². The van der Waals surface area contributed by atoms with Gasteiger partial charge >= 0.3 is 5.97 Å². The lowest BCUT2D eigenvalue weighted by molar-refractivity contribution is -0.148. The van der Waals surface area contributed by atoms with E-state index in [0.717, 1.165) is 12.1 Å². The second-order valence-electron chi connectivity index (χ2n) is 5.66. The van der Waals surface area contributed by atoms with Crippen LogP contribution in [0.1, 0.15) is 25.8 Å². The van der Waals surface area contributed by atoms with Gasteiger partial charge < -0.3 is 15.3 Å². The molecule has 1 aromatic rings. The van der Waals surface area contributed by atoms with Crippen molar-refractivity contribution in [1.82, 2.24) is 10.2 Å². The van der Waals surface area contributed by atoms with Crippen molar-refractivity contribution in [3.63, 3.8) is 0 Å². The van der Waals surface area contributed by atoms with Crippen LogP contribution in [0, 0.1) is 5.82 Å². The highest BCUT2D eigenvalue weighted by atomic mass is 32.2. The number of carboxylic acids is 1. The third kappa shape index (κ3) is 3.53. The molecule has 2 N–H and O–H groups in total. The van der Waals surface area contributed by atoms with E-state index >= 15 is 0 Å². The minimum Gasteiger partial charge on any atom is -0.479 e. The van der Waals surface area contributed by atoms with E-state index in [1.807, 2.05) is 0 Å². The zero-order chi connectivity index (χ0) is 17.9. The zero-order valence-electron chi connectivity index (χ0n) is 13.4. The summed E-state index contributed by atoms with van der Waals surface area (Å²) >= 11 is 1.44. The van der Waals surface area contributed by atoms with Crippen molar-refractivity contribution in [1.29, 1.82) is 0 Å². The molecule has 2 amide bonds. The van der Waals surface area contributed by atoms with Crippen molar-refractivity contribution >= 4 is 29.5 Å². The SMILES string of the molecule is CCC(=O)N1CSCC1C(=O)NC(C)(C(=O)O)c1ccc(F)cc1. The number of nitrogens with zero attached hydrogens (tertiary/aromatic N) is 1. The summed E-state index contributed by atoms with van der Waals surface area (Å²) < 4.78 is 13.1. The molecule has 2 unspecified atom stereocenters. The number of nitrogens with one attached hydrogen (secondary N) is 1. The van der Waals surface area contributed by atoms with Crippen molar-refractivity contribution in [2.75, 3.05) is 11.6 Å². The fraction of sp³-hybridized carbons (Fsp3) is 0.438. The van der Waals surface area contributed by atoms with Gasteiger partial charge in [-0.1, -0.05) is 19.1 Å². The molecule has 0 bridgehead atoms. The Kier molecular flexibility index (Phi) is 5.48. The Balaban J connectivity index is 2.24. The molecule has 2 atom stereocenters. The molecule has 2 rings (SSSR count). The lowest BCUT2D eigenvalue weighted by Gasteiger charge is -2.30. The summed E-state index contributed by atoms with van der Waals surface area (Å²) in [5, 5.41) is 12.1. The summed E-state index contributed by atoms with van der Waals surface area (Å²) in [6.45, 7) is 3.05. The summed E-state index contributed by atoms with van der Waals surface area (Å²) in [6.07, 6.45) is 0.276. The third-order valence-electron chi connectivity index (χ3n) is 4.03. The van der Waals surface area contributed by atoms with E-state index in [2.05, 4.69) is 5.32 Å². The molecule has 1 aromatic carbocycles. The summed E-state index contributed by atoms with van der Waals surface area (Å²) in [4.78, 5) is 37.7. The molecule has 0 spiro atoms. The highest BCUT2D eigenvalue weighted by Crippen LogP contribution is 2.26. The molecular weight excluding hydrogens is 335 g/mol. The summed E-state index contributed by atoms with van der Waals surface area (Å²) in [6, 6.07) is 4.22. The number of carbonyl (C=O) groups is 3. The van der Waals surface area contributed by atoms with Crippen LogP contribution in [0.25, 0.3) is 0 Å². The fourth-order valence-electron chi connectivity index (χ4n) is 2.47. The number of hydrogen-bond acceptors (Lipinski definition) is 4. The average Bonchev–Trinajstić information content (AvgIpc) is 3.04. The van der Waals surface area contributed by atoms with Gasteiger partial charge in [0.2, 0.25) is 11.8 Å². The maximum atomic E-state index is 13.1. The normalized spacial score (nSPS) is 19.6. The molecule has 130 valence electrons. The van der Waals surface area contributed by atoms with E-state index in [-0.39, 0.29) is 17.9 Å². The van der Waals surface area contributed by atoms with E-state index < -0.39 is 29.3 Å². The van der Waals surface area contributed by atoms with Gasteiger partial charge in [-0.05, 0) is 24.6 Å². The highest BCUT2D eigenvalue weighted by molar-refractivity contribution is 7.99. The molecule has 0 radical (unpaired) electrons. The van der Waals surface area contributed by atoms with E-state index in [9.17, 15) is 23.9 Å². The summed E-state index contributed by atoms with van der Waals surface area (Å²) in [5.74, 6) is -1.62. The van der Waals surface area contributed by atoms with Gasteiger partial charge in [0.25, 0.3) is 0 Å². The van der Waals surface area contributed by atoms with Crippen LogP contribution in [0.4, 0.5) is 4.39 Å². The first-order chi connectivity index (χ1) is 11.3. The van der Waals surface area contributed by atoms with Crippen LogP contribution < -0.4 is 5.32 Å². The first-order valence-electron chi connectivity index (χ1n) is 7.48. The van der Waals surface area contributed by atoms with Gasteiger partial charge in [-0.2, -0.15) is 0 Å². The second kappa shape index (κ2) is 7.21. The van der Waals surface area contributed by atoms with Crippen LogP contribution in [-0.4, -0.2) is 45.5 Å². The predicted molar refractivity (Wildman–Crippen MR) is 87.8 cm³/mol. The largest absolute Gasteiger partial charge is 0.479 e. The quantitative estimate of drug-likeness (QED) is 0.838. The molecule has 0 aromatic heterocycles.